The van der Waals surface area contributed by atoms with Crippen molar-refractivity contribution in [1.82, 2.24) is 0 Å². The van der Waals surface area contributed by atoms with Gasteiger partial charge in [0.25, 0.3) is 0 Å². The summed E-state index contributed by atoms with van der Waals surface area (Å²) in [5.41, 5.74) is 2.02. The number of alkyl halides is 1. The molecule has 0 aliphatic rings. The summed E-state index contributed by atoms with van der Waals surface area (Å²) >= 11 is 7.53. The summed E-state index contributed by atoms with van der Waals surface area (Å²) in [6, 6.07) is 5.37. The molecule has 0 saturated carbocycles. The zero-order valence-corrected chi connectivity index (χ0v) is 10.4. The van der Waals surface area contributed by atoms with Gasteiger partial charge in [0.2, 0.25) is 0 Å². The Hall–Kier alpha value is -0.600. The molecule has 0 fully saturated rings. The summed E-state index contributed by atoms with van der Waals surface area (Å²) in [6.07, 6.45) is 0. The van der Waals surface area contributed by atoms with Gasteiger partial charge in [0.1, 0.15) is 6.07 Å². The van der Waals surface area contributed by atoms with Crippen LogP contribution in [0.3, 0.4) is 0 Å². The molecule has 0 amide bonds. The van der Waals surface area contributed by atoms with Crippen LogP contribution in [-0.4, -0.2) is 11.7 Å². The van der Waals surface area contributed by atoms with Gasteiger partial charge in [0.15, 0.2) is 5.78 Å². The molecule has 0 aliphatic carbocycles. The molecular weight excluding hydrogens is 312 g/mol. The molecule has 0 aromatic heterocycles. The molecule has 0 spiro atoms. The first kappa shape index (κ1) is 11.5. The number of hydrogen-bond donors (Lipinski definition) is 0. The second-order valence-corrected chi connectivity index (χ2v) is 4.11. The molecule has 0 radical (unpaired) electrons. The number of rotatable bonds is 2. The number of carbonyl (C=O) groups excluding carboxylic acids is 1. The number of carbonyl (C=O) groups is 1. The summed E-state index contributed by atoms with van der Waals surface area (Å²) in [7, 11) is 0. The predicted molar refractivity (Wildman–Crippen MR) is 63.7 cm³/mol. The lowest BCUT2D eigenvalue weighted by Gasteiger charge is -2.06. The van der Waals surface area contributed by atoms with E-state index in [2.05, 4.69) is 28.7 Å². The molecule has 0 atom stereocenters. The minimum atomic E-state index is -0.105. The Morgan fingerprint density at radius 1 is 1.64 bits per heavy atom. The highest BCUT2D eigenvalue weighted by Gasteiger charge is 2.12. The Labute approximate surface area is 101 Å². The van der Waals surface area contributed by atoms with Crippen LogP contribution in [0.4, 0.5) is 0 Å². The van der Waals surface area contributed by atoms with E-state index in [0.717, 1.165) is 9.13 Å². The molecule has 4 heteroatoms. The quantitative estimate of drug-likeness (QED) is 0.478. The first-order chi connectivity index (χ1) is 6.61. The minimum Gasteiger partial charge on any atom is -0.293 e. The number of nitrogens with zero attached hydrogens (tertiary/aromatic N) is 1. The Morgan fingerprint density at radius 3 is 2.79 bits per heavy atom. The molecule has 14 heavy (non-hydrogen) atoms. The molecule has 0 saturated heterocycles. The zero-order chi connectivity index (χ0) is 10.7. The molecule has 0 heterocycles. The van der Waals surface area contributed by atoms with Crippen molar-refractivity contribution >= 4 is 40.0 Å². The molecule has 0 bridgehead atoms. The average Bonchev–Trinajstić information content (AvgIpc) is 2.21. The summed E-state index contributed by atoms with van der Waals surface area (Å²) in [6.45, 7) is 1.82. The lowest BCUT2D eigenvalue weighted by molar-refractivity contribution is 0.102. The van der Waals surface area contributed by atoms with Gasteiger partial charge in [-0.25, -0.2) is 0 Å². The highest BCUT2D eigenvalue weighted by Crippen LogP contribution is 2.20. The Bertz CT molecular complexity index is 423. The van der Waals surface area contributed by atoms with Gasteiger partial charge in [-0.15, -0.1) is 11.6 Å². The summed E-state index contributed by atoms with van der Waals surface area (Å²) in [5, 5.41) is 8.76. The maximum absolute atomic E-state index is 11.4. The molecule has 0 aliphatic heterocycles. The fourth-order valence-electron chi connectivity index (χ4n) is 1.15. The van der Waals surface area contributed by atoms with E-state index in [-0.39, 0.29) is 11.7 Å². The lowest BCUT2D eigenvalue weighted by atomic mass is 10.0. The Kier molecular flexibility index (Phi) is 3.90. The maximum Gasteiger partial charge on any atom is 0.177 e. The number of benzene rings is 1. The van der Waals surface area contributed by atoms with E-state index in [1.807, 2.05) is 6.92 Å². The van der Waals surface area contributed by atoms with Crippen LogP contribution >= 0.6 is 34.2 Å². The van der Waals surface area contributed by atoms with Gasteiger partial charge in [-0.2, -0.15) is 5.26 Å². The third-order valence-electron chi connectivity index (χ3n) is 1.93. The number of ketones is 1. The maximum atomic E-state index is 11.4. The van der Waals surface area contributed by atoms with Crippen molar-refractivity contribution in [2.24, 2.45) is 0 Å². The van der Waals surface area contributed by atoms with Gasteiger partial charge in [-0.05, 0) is 47.2 Å². The van der Waals surface area contributed by atoms with Gasteiger partial charge in [-0.1, -0.05) is 0 Å². The predicted octanol–water partition coefficient (Wildman–Crippen LogP) is 2.89. The molecular formula is C10H7ClINO. The topological polar surface area (TPSA) is 40.9 Å². The fraction of sp³-hybridized carbons (Fsp3) is 0.200. The highest BCUT2D eigenvalue weighted by molar-refractivity contribution is 14.1. The van der Waals surface area contributed by atoms with E-state index in [0.29, 0.717) is 11.1 Å². The van der Waals surface area contributed by atoms with Crippen LogP contribution in [0.5, 0.6) is 0 Å². The Morgan fingerprint density at radius 2 is 2.29 bits per heavy atom. The molecule has 1 aromatic rings. The highest BCUT2D eigenvalue weighted by atomic mass is 127. The van der Waals surface area contributed by atoms with Crippen LogP contribution in [0.15, 0.2) is 12.1 Å². The number of nitriles is 1. The van der Waals surface area contributed by atoms with Crippen LogP contribution in [0.25, 0.3) is 0 Å². The van der Waals surface area contributed by atoms with E-state index < -0.39 is 0 Å². The van der Waals surface area contributed by atoms with E-state index in [1.165, 1.54) is 0 Å². The van der Waals surface area contributed by atoms with E-state index in [9.17, 15) is 4.79 Å². The lowest BCUT2D eigenvalue weighted by Crippen LogP contribution is -2.05. The van der Waals surface area contributed by atoms with Crippen LogP contribution in [-0.2, 0) is 0 Å². The molecule has 1 rings (SSSR count). The zero-order valence-electron chi connectivity index (χ0n) is 7.47. The second-order valence-electron chi connectivity index (χ2n) is 2.77. The largest absolute Gasteiger partial charge is 0.293 e. The summed E-state index contributed by atoms with van der Waals surface area (Å²) in [4.78, 5) is 11.4. The standard InChI is InChI=1S/C10H7ClINO/c1-6-8(9(14)4-11)3-2-7(5-13)10(6)12/h2-3H,4H2,1H3. The van der Waals surface area contributed by atoms with Gasteiger partial charge in [0, 0.05) is 9.13 Å². The van der Waals surface area contributed by atoms with E-state index in [4.69, 9.17) is 16.9 Å². The number of hydrogen-bond acceptors (Lipinski definition) is 2. The Balaban J connectivity index is 3.33. The van der Waals surface area contributed by atoms with Crippen LogP contribution < -0.4 is 0 Å². The number of Topliss-reactive ketones (excluding diaryl/α,β-unsaturated/α-hetero) is 1. The molecule has 2 nitrogen and oxygen atoms in total. The van der Waals surface area contributed by atoms with Crippen molar-refractivity contribution in [3.8, 4) is 6.07 Å². The van der Waals surface area contributed by atoms with Crippen molar-refractivity contribution in [2.75, 3.05) is 5.88 Å². The first-order valence-corrected chi connectivity index (χ1v) is 5.51. The molecule has 0 N–H and O–H groups in total. The van der Waals surface area contributed by atoms with Crippen molar-refractivity contribution in [1.29, 1.82) is 5.26 Å². The summed E-state index contributed by atoms with van der Waals surface area (Å²) < 4.78 is 0.820. The van der Waals surface area contributed by atoms with Crippen LogP contribution in [0.1, 0.15) is 21.5 Å². The number of halogens is 2. The molecule has 72 valence electrons. The fourth-order valence-corrected chi connectivity index (χ4v) is 1.88. The van der Waals surface area contributed by atoms with Gasteiger partial charge < -0.3 is 0 Å². The third-order valence-corrected chi connectivity index (χ3v) is 3.56. The monoisotopic (exact) mass is 319 g/mol. The minimum absolute atomic E-state index is 0.0250. The smallest absolute Gasteiger partial charge is 0.177 e. The van der Waals surface area contributed by atoms with Crippen LogP contribution in [0, 0.1) is 21.8 Å². The van der Waals surface area contributed by atoms with Crippen molar-refractivity contribution < 1.29 is 4.79 Å². The van der Waals surface area contributed by atoms with Crippen LogP contribution in [0.2, 0.25) is 0 Å². The molecule has 0 unspecified atom stereocenters. The SMILES string of the molecule is Cc1c(C(=O)CCl)ccc(C#N)c1I. The second kappa shape index (κ2) is 4.76. The van der Waals surface area contributed by atoms with Crippen molar-refractivity contribution in [3.05, 3.63) is 32.4 Å². The first-order valence-electron chi connectivity index (χ1n) is 3.90. The van der Waals surface area contributed by atoms with Gasteiger partial charge >= 0.3 is 0 Å². The third kappa shape index (κ3) is 2.07. The van der Waals surface area contributed by atoms with Gasteiger partial charge in [-0.3, -0.25) is 4.79 Å². The van der Waals surface area contributed by atoms with Gasteiger partial charge in [0.05, 0.1) is 11.4 Å². The van der Waals surface area contributed by atoms with Crippen molar-refractivity contribution in [3.63, 3.8) is 0 Å². The van der Waals surface area contributed by atoms with E-state index in [1.54, 1.807) is 12.1 Å². The molecule has 1 aromatic carbocycles. The van der Waals surface area contributed by atoms with E-state index >= 15 is 0 Å². The van der Waals surface area contributed by atoms with Crippen molar-refractivity contribution in [2.45, 2.75) is 6.92 Å². The average molecular weight is 320 g/mol. The normalized spacial score (nSPS) is 9.57. The summed E-state index contributed by atoms with van der Waals surface area (Å²) in [5.74, 6) is -0.130.